The van der Waals surface area contributed by atoms with Crippen molar-refractivity contribution in [2.24, 2.45) is 11.8 Å². The molecular weight excluding hydrogens is 433 g/mol. The van der Waals surface area contributed by atoms with Crippen molar-refractivity contribution in [2.45, 2.75) is 51.5 Å². The van der Waals surface area contributed by atoms with Crippen molar-refractivity contribution in [3.05, 3.63) is 41.8 Å². The second kappa shape index (κ2) is 9.24. The standard InChI is InChI=1S/C26H32FN5O2/c1-16-24-22(32-13-3-4-21(32)26(34)31(24)2)14-23(29-16)28-15-17-5-7-18(8-6-17)25(33)30-20-11-9-19(27)10-12-20/h9-12,14,17-18,21H,3-8,13,15H2,1-2H3,(H,28,29)(H,30,33)/t17-,18-,21-/m0/s1. The van der Waals surface area contributed by atoms with E-state index in [1.807, 2.05) is 14.0 Å². The Hall–Kier alpha value is -3.16. The molecule has 2 aromatic rings. The zero-order valence-electron chi connectivity index (χ0n) is 19.8. The minimum Gasteiger partial charge on any atom is -0.370 e. The topological polar surface area (TPSA) is 77.6 Å². The maximum atomic E-state index is 13.1. The van der Waals surface area contributed by atoms with E-state index in [9.17, 15) is 14.0 Å². The van der Waals surface area contributed by atoms with Crippen molar-refractivity contribution < 1.29 is 14.0 Å². The molecule has 2 aliphatic heterocycles. The lowest BCUT2D eigenvalue weighted by molar-refractivity contribution is -0.121. The summed E-state index contributed by atoms with van der Waals surface area (Å²) in [6.07, 6.45) is 5.58. The third kappa shape index (κ3) is 4.33. The van der Waals surface area contributed by atoms with E-state index in [1.54, 1.807) is 17.0 Å². The Labute approximate surface area is 199 Å². The van der Waals surface area contributed by atoms with Crippen LogP contribution in [0, 0.1) is 24.6 Å². The highest BCUT2D eigenvalue weighted by Crippen LogP contribution is 2.42. The lowest BCUT2D eigenvalue weighted by Crippen LogP contribution is -2.49. The second-order valence-corrected chi connectivity index (χ2v) is 9.80. The van der Waals surface area contributed by atoms with Gasteiger partial charge < -0.3 is 20.4 Å². The van der Waals surface area contributed by atoms with Gasteiger partial charge in [0.05, 0.1) is 17.1 Å². The summed E-state index contributed by atoms with van der Waals surface area (Å²) in [4.78, 5) is 34.1. The summed E-state index contributed by atoms with van der Waals surface area (Å²) in [6.45, 7) is 3.69. The van der Waals surface area contributed by atoms with Gasteiger partial charge >= 0.3 is 0 Å². The smallest absolute Gasteiger partial charge is 0.249 e. The summed E-state index contributed by atoms with van der Waals surface area (Å²) in [7, 11) is 1.85. The fourth-order valence-corrected chi connectivity index (χ4v) is 5.67. The quantitative estimate of drug-likeness (QED) is 0.687. The summed E-state index contributed by atoms with van der Waals surface area (Å²) in [5.74, 6) is 1.19. The largest absolute Gasteiger partial charge is 0.370 e. The maximum Gasteiger partial charge on any atom is 0.249 e. The summed E-state index contributed by atoms with van der Waals surface area (Å²) >= 11 is 0. The number of nitrogens with one attached hydrogen (secondary N) is 2. The molecule has 1 aromatic heterocycles. The predicted molar refractivity (Wildman–Crippen MR) is 132 cm³/mol. The van der Waals surface area contributed by atoms with Crippen LogP contribution in [-0.4, -0.2) is 43.0 Å². The average Bonchev–Trinajstić information content (AvgIpc) is 3.33. The number of amides is 2. The summed E-state index contributed by atoms with van der Waals surface area (Å²) < 4.78 is 13.1. The first-order valence-electron chi connectivity index (χ1n) is 12.3. The Kier molecular flexibility index (Phi) is 6.15. The van der Waals surface area contributed by atoms with Gasteiger partial charge in [0.25, 0.3) is 0 Å². The van der Waals surface area contributed by atoms with Crippen LogP contribution >= 0.6 is 0 Å². The van der Waals surface area contributed by atoms with E-state index in [0.717, 1.165) is 74.5 Å². The zero-order chi connectivity index (χ0) is 23.8. The predicted octanol–water partition coefficient (Wildman–Crippen LogP) is 4.33. The van der Waals surface area contributed by atoms with Gasteiger partial charge in [-0.1, -0.05) is 0 Å². The Balaban J connectivity index is 1.17. The van der Waals surface area contributed by atoms with Crippen LogP contribution in [0.4, 0.5) is 27.3 Å². The Morgan fingerprint density at radius 1 is 1.15 bits per heavy atom. The van der Waals surface area contributed by atoms with Gasteiger partial charge in [0.2, 0.25) is 11.8 Å². The molecule has 3 heterocycles. The number of benzene rings is 1. The van der Waals surface area contributed by atoms with Crippen LogP contribution < -0.4 is 20.4 Å². The summed E-state index contributed by atoms with van der Waals surface area (Å²) in [5, 5.41) is 6.43. The third-order valence-corrected chi connectivity index (χ3v) is 7.56. The molecule has 2 N–H and O–H groups in total. The van der Waals surface area contributed by atoms with Crippen LogP contribution in [0.5, 0.6) is 0 Å². The van der Waals surface area contributed by atoms with Gasteiger partial charge in [-0.2, -0.15) is 0 Å². The molecule has 5 rings (SSSR count). The lowest BCUT2D eigenvalue weighted by atomic mass is 9.81. The fourth-order valence-electron chi connectivity index (χ4n) is 5.67. The SMILES string of the molecule is Cc1nc(NC[C@H]2CC[C@H](C(=O)Nc3ccc(F)cc3)CC2)cc2c1N(C)C(=O)[C@@H]1CCCN21. The van der Waals surface area contributed by atoms with Crippen molar-refractivity contribution >= 4 is 34.7 Å². The molecule has 8 heteroatoms. The van der Waals surface area contributed by atoms with E-state index in [0.29, 0.717) is 11.6 Å². The number of aryl methyl sites for hydroxylation is 1. The molecule has 0 bridgehead atoms. The number of anilines is 4. The number of hydrogen-bond donors (Lipinski definition) is 2. The van der Waals surface area contributed by atoms with Crippen LogP contribution in [0.1, 0.15) is 44.2 Å². The Morgan fingerprint density at radius 3 is 2.62 bits per heavy atom. The van der Waals surface area contributed by atoms with Gasteiger partial charge in [0.15, 0.2) is 0 Å². The molecule has 1 aromatic carbocycles. The molecule has 3 aliphatic rings. The molecular formula is C26H32FN5O2. The molecule has 1 aliphatic carbocycles. The van der Waals surface area contributed by atoms with Crippen molar-refractivity contribution in [3.8, 4) is 0 Å². The molecule has 7 nitrogen and oxygen atoms in total. The minimum absolute atomic E-state index is 0.00871. The number of rotatable bonds is 5. The van der Waals surface area contributed by atoms with Crippen LogP contribution in [0.2, 0.25) is 0 Å². The first-order chi connectivity index (χ1) is 16.4. The highest BCUT2D eigenvalue weighted by atomic mass is 19.1. The highest BCUT2D eigenvalue weighted by Gasteiger charge is 2.40. The van der Waals surface area contributed by atoms with Gasteiger partial charge in [-0.25, -0.2) is 9.37 Å². The number of fused-ring (bicyclic) bond motifs is 3. The fraction of sp³-hybridized carbons (Fsp3) is 0.500. The van der Waals surface area contributed by atoms with Crippen molar-refractivity contribution in [1.82, 2.24) is 4.98 Å². The molecule has 34 heavy (non-hydrogen) atoms. The van der Waals surface area contributed by atoms with E-state index in [-0.39, 0.29) is 29.6 Å². The third-order valence-electron chi connectivity index (χ3n) is 7.56. The Morgan fingerprint density at radius 2 is 1.88 bits per heavy atom. The average molecular weight is 466 g/mol. The zero-order valence-corrected chi connectivity index (χ0v) is 19.8. The number of nitrogens with zero attached hydrogens (tertiary/aromatic N) is 3. The van der Waals surface area contributed by atoms with Gasteiger partial charge in [-0.3, -0.25) is 9.59 Å². The molecule has 2 fully saturated rings. The molecule has 1 saturated heterocycles. The Bertz CT molecular complexity index is 1080. The summed E-state index contributed by atoms with van der Waals surface area (Å²) in [6, 6.07) is 7.93. The van der Waals surface area contributed by atoms with E-state index in [1.165, 1.54) is 12.1 Å². The molecule has 0 spiro atoms. The second-order valence-electron chi connectivity index (χ2n) is 9.80. The molecule has 180 valence electrons. The van der Waals surface area contributed by atoms with Crippen LogP contribution in [0.15, 0.2) is 30.3 Å². The number of hydrogen-bond acceptors (Lipinski definition) is 5. The van der Waals surface area contributed by atoms with Gasteiger partial charge in [0.1, 0.15) is 17.7 Å². The number of likely N-dealkylation sites (N-methyl/N-ethyl adjacent to an activating group) is 1. The number of carbonyl (C=O) groups excluding carboxylic acids is 2. The monoisotopic (exact) mass is 465 g/mol. The van der Waals surface area contributed by atoms with E-state index in [4.69, 9.17) is 4.98 Å². The lowest BCUT2D eigenvalue weighted by Gasteiger charge is -2.38. The molecule has 0 unspecified atom stereocenters. The van der Waals surface area contributed by atoms with Crippen molar-refractivity contribution in [3.63, 3.8) is 0 Å². The van der Waals surface area contributed by atoms with Crippen LogP contribution in [-0.2, 0) is 9.59 Å². The molecule has 0 radical (unpaired) electrons. The van der Waals surface area contributed by atoms with Crippen LogP contribution in [0.3, 0.4) is 0 Å². The highest BCUT2D eigenvalue weighted by molar-refractivity contribution is 6.06. The van der Waals surface area contributed by atoms with Gasteiger partial charge in [-0.15, -0.1) is 0 Å². The first-order valence-corrected chi connectivity index (χ1v) is 12.3. The maximum absolute atomic E-state index is 13.1. The minimum atomic E-state index is -0.310. The number of aromatic nitrogens is 1. The molecule has 1 atom stereocenters. The molecule has 2 amide bonds. The molecule has 1 saturated carbocycles. The van der Waals surface area contributed by atoms with Crippen molar-refractivity contribution in [2.75, 3.05) is 40.6 Å². The van der Waals surface area contributed by atoms with Gasteiger partial charge in [0, 0.05) is 37.8 Å². The van der Waals surface area contributed by atoms with Crippen LogP contribution in [0.25, 0.3) is 0 Å². The summed E-state index contributed by atoms with van der Waals surface area (Å²) in [5.41, 5.74) is 3.51. The first kappa shape index (κ1) is 22.6. The van der Waals surface area contributed by atoms with Gasteiger partial charge in [-0.05, 0) is 75.6 Å². The van der Waals surface area contributed by atoms with E-state index >= 15 is 0 Å². The number of halogens is 1. The van der Waals surface area contributed by atoms with Crippen molar-refractivity contribution in [1.29, 1.82) is 0 Å². The van der Waals surface area contributed by atoms with E-state index < -0.39 is 0 Å². The number of carbonyl (C=O) groups is 2. The number of pyridine rings is 1. The van der Waals surface area contributed by atoms with E-state index in [2.05, 4.69) is 21.6 Å². The normalized spacial score (nSPS) is 24.0.